The molecule has 0 radical (unpaired) electrons. The number of benzene rings is 2. The molecule has 2 rings (SSSR count). The molecule has 30 heavy (non-hydrogen) atoms. The second-order valence-corrected chi connectivity index (χ2v) is 6.21. The molecule has 0 aliphatic heterocycles. The third-order valence-corrected chi connectivity index (χ3v) is 4.12. The Morgan fingerprint density at radius 1 is 1.03 bits per heavy atom. The van der Waals surface area contributed by atoms with Crippen LogP contribution in [-0.2, 0) is 6.42 Å². The second kappa shape index (κ2) is 14.0. The number of guanidine groups is 1. The van der Waals surface area contributed by atoms with E-state index in [-0.39, 0.29) is 36.3 Å². The summed E-state index contributed by atoms with van der Waals surface area (Å²) in [6.07, 6.45) is -0.0459. The van der Waals surface area contributed by atoms with Gasteiger partial charge in [-0.1, -0.05) is 24.3 Å². The van der Waals surface area contributed by atoms with Crippen LogP contribution < -0.4 is 20.1 Å². The van der Waals surface area contributed by atoms with Gasteiger partial charge in [-0.2, -0.15) is 8.78 Å². The molecule has 0 heterocycles. The molecule has 0 amide bonds. The van der Waals surface area contributed by atoms with Gasteiger partial charge in [-0.25, -0.2) is 0 Å². The van der Waals surface area contributed by atoms with Crippen molar-refractivity contribution in [2.75, 3.05) is 26.7 Å². The number of methoxy groups -OCH3 is 1. The third kappa shape index (κ3) is 9.12. The van der Waals surface area contributed by atoms with Crippen LogP contribution in [0.25, 0.3) is 0 Å². The van der Waals surface area contributed by atoms with Gasteiger partial charge in [0.25, 0.3) is 0 Å². The first-order chi connectivity index (χ1) is 14.0. The fraction of sp³-hybridized carbons (Fsp3) is 0.381. The topological polar surface area (TPSA) is 75.1 Å². The minimum absolute atomic E-state index is 0. The minimum Gasteiger partial charge on any atom is -0.497 e. The highest BCUT2D eigenvalue weighted by Gasteiger charge is 2.09. The zero-order valence-corrected chi connectivity index (χ0v) is 19.3. The molecule has 0 saturated heterocycles. The van der Waals surface area contributed by atoms with E-state index in [4.69, 9.17) is 4.74 Å². The Kier molecular flexibility index (Phi) is 12.1. The van der Waals surface area contributed by atoms with Crippen molar-refractivity contribution in [3.8, 4) is 11.5 Å². The molecule has 2 aromatic rings. The molecule has 0 bridgehead atoms. The van der Waals surface area contributed by atoms with Crippen LogP contribution in [0, 0.1) is 0 Å². The third-order valence-electron chi connectivity index (χ3n) is 4.12. The number of hydrogen-bond donors (Lipinski definition) is 3. The van der Waals surface area contributed by atoms with Crippen LogP contribution in [0.5, 0.6) is 11.5 Å². The Bertz CT molecular complexity index is 759. The monoisotopic (exact) mass is 535 g/mol. The fourth-order valence-electron chi connectivity index (χ4n) is 2.61. The lowest BCUT2D eigenvalue weighted by Crippen LogP contribution is -2.38. The second-order valence-electron chi connectivity index (χ2n) is 6.21. The lowest BCUT2D eigenvalue weighted by molar-refractivity contribution is -0.0498. The Morgan fingerprint density at radius 3 is 2.23 bits per heavy atom. The highest BCUT2D eigenvalue weighted by Crippen LogP contribution is 2.19. The smallest absolute Gasteiger partial charge is 0.387 e. The Balaban J connectivity index is 0.00000450. The van der Waals surface area contributed by atoms with Crippen LogP contribution in [0.2, 0.25) is 0 Å². The van der Waals surface area contributed by atoms with Crippen molar-refractivity contribution >= 4 is 29.9 Å². The van der Waals surface area contributed by atoms with Crippen molar-refractivity contribution in [2.24, 2.45) is 4.99 Å². The van der Waals surface area contributed by atoms with E-state index in [2.05, 4.69) is 20.4 Å². The number of nitrogens with one attached hydrogen (secondary N) is 2. The molecular weight excluding hydrogens is 507 g/mol. The Labute approximate surface area is 192 Å². The summed E-state index contributed by atoms with van der Waals surface area (Å²) in [7, 11) is 1.63. The number of nitrogens with zero attached hydrogens (tertiary/aromatic N) is 1. The quantitative estimate of drug-likeness (QED) is 0.246. The first kappa shape index (κ1) is 25.9. The van der Waals surface area contributed by atoms with Gasteiger partial charge in [0.1, 0.15) is 11.5 Å². The van der Waals surface area contributed by atoms with Gasteiger partial charge >= 0.3 is 6.61 Å². The standard InChI is InChI=1S/C21H27F2N3O3.HI/c1-3-24-21(25-13-12-15-4-8-17(28-2)9-5-15)26-14-19(27)16-6-10-18(11-7-16)29-20(22)23;/h4-11,19-20,27H,3,12-14H2,1-2H3,(H2,24,25,26);1H. The SMILES string of the molecule is CCNC(=NCC(O)c1ccc(OC(F)F)cc1)NCCc1ccc(OC)cc1.I. The minimum atomic E-state index is -2.87. The number of halogens is 3. The molecule has 1 unspecified atom stereocenters. The molecule has 2 aromatic carbocycles. The summed E-state index contributed by atoms with van der Waals surface area (Å²) in [5.74, 6) is 1.46. The van der Waals surface area contributed by atoms with Crippen LogP contribution in [0.3, 0.4) is 0 Å². The molecule has 166 valence electrons. The van der Waals surface area contributed by atoms with E-state index in [1.165, 1.54) is 17.7 Å². The number of ether oxygens (including phenoxy) is 2. The van der Waals surface area contributed by atoms with Crippen molar-refractivity contribution in [1.29, 1.82) is 0 Å². The average molecular weight is 535 g/mol. The molecule has 3 N–H and O–H groups in total. The van der Waals surface area contributed by atoms with Gasteiger partial charge in [-0.15, -0.1) is 24.0 Å². The van der Waals surface area contributed by atoms with Gasteiger partial charge < -0.3 is 25.2 Å². The van der Waals surface area contributed by atoms with Crippen molar-refractivity contribution in [1.82, 2.24) is 10.6 Å². The highest BCUT2D eigenvalue weighted by molar-refractivity contribution is 14.0. The van der Waals surface area contributed by atoms with Gasteiger partial charge in [-0.05, 0) is 48.7 Å². The van der Waals surface area contributed by atoms with Gasteiger partial charge in [0.2, 0.25) is 0 Å². The molecule has 0 aliphatic rings. The summed E-state index contributed by atoms with van der Waals surface area (Å²) < 4.78 is 33.8. The van der Waals surface area contributed by atoms with Gasteiger partial charge in [-0.3, -0.25) is 4.99 Å². The predicted molar refractivity (Wildman–Crippen MR) is 124 cm³/mol. The molecular formula is C21H28F2IN3O3. The van der Waals surface area contributed by atoms with E-state index in [1.54, 1.807) is 19.2 Å². The predicted octanol–water partition coefficient (Wildman–Crippen LogP) is 3.75. The molecule has 0 spiro atoms. The summed E-state index contributed by atoms with van der Waals surface area (Å²) in [4.78, 5) is 4.39. The van der Waals surface area contributed by atoms with E-state index in [0.717, 1.165) is 12.2 Å². The largest absolute Gasteiger partial charge is 0.497 e. The van der Waals surface area contributed by atoms with Crippen LogP contribution in [0.1, 0.15) is 24.2 Å². The normalized spacial score (nSPS) is 12.1. The highest BCUT2D eigenvalue weighted by atomic mass is 127. The van der Waals surface area contributed by atoms with Crippen molar-refractivity contribution in [3.63, 3.8) is 0 Å². The van der Waals surface area contributed by atoms with E-state index < -0.39 is 12.7 Å². The lowest BCUT2D eigenvalue weighted by atomic mass is 10.1. The average Bonchev–Trinajstić information content (AvgIpc) is 2.72. The molecule has 0 aromatic heterocycles. The fourth-order valence-corrected chi connectivity index (χ4v) is 2.61. The maximum absolute atomic E-state index is 12.2. The Hall–Kier alpha value is -2.14. The first-order valence-corrected chi connectivity index (χ1v) is 9.39. The van der Waals surface area contributed by atoms with Crippen LogP contribution >= 0.6 is 24.0 Å². The van der Waals surface area contributed by atoms with E-state index in [0.29, 0.717) is 24.6 Å². The first-order valence-electron chi connectivity index (χ1n) is 9.39. The number of alkyl halides is 2. The zero-order chi connectivity index (χ0) is 21.1. The summed E-state index contributed by atoms with van der Waals surface area (Å²) in [6, 6.07) is 13.7. The summed E-state index contributed by atoms with van der Waals surface area (Å²) >= 11 is 0. The molecule has 6 nitrogen and oxygen atoms in total. The van der Waals surface area contributed by atoms with E-state index >= 15 is 0 Å². The molecule has 0 fully saturated rings. The molecule has 1 atom stereocenters. The number of rotatable bonds is 10. The maximum Gasteiger partial charge on any atom is 0.387 e. The van der Waals surface area contributed by atoms with Crippen molar-refractivity contribution < 1.29 is 23.4 Å². The molecule has 9 heteroatoms. The number of hydrogen-bond acceptors (Lipinski definition) is 4. The number of aliphatic hydroxyl groups excluding tert-OH is 1. The molecule has 0 aliphatic carbocycles. The van der Waals surface area contributed by atoms with Crippen LogP contribution in [0.4, 0.5) is 8.78 Å². The maximum atomic E-state index is 12.2. The van der Waals surface area contributed by atoms with Crippen molar-refractivity contribution in [3.05, 3.63) is 59.7 Å². The van der Waals surface area contributed by atoms with Gasteiger partial charge in [0, 0.05) is 13.1 Å². The number of aliphatic hydroxyl groups is 1. The lowest BCUT2D eigenvalue weighted by Gasteiger charge is -2.14. The van der Waals surface area contributed by atoms with Crippen LogP contribution in [0.15, 0.2) is 53.5 Å². The molecule has 0 saturated carbocycles. The summed E-state index contributed by atoms with van der Waals surface area (Å²) in [6.45, 7) is 0.575. The Morgan fingerprint density at radius 2 is 1.67 bits per heavy atom. The van der Waals surface area contributed by atoms with Crippen LogP contribution in [-0.4, -0.2) is 44.4 Å². The number of aliphatic imine (C=N–C) groups is 1. The zero-order valence-electron chi connectivity index (χ0n) is 17.0. The van der Waals surface area contributed by atoms with Gasteiger partial charge in [0.05, 0.1) is 19.8 Å². The van der Waals surface area contributed by atoms with Gasteiger partial charge in [0.15, 0.2) is 5.96 Å². The van der Waals surface area contributed by atoms with E-state index in [1.807, 2.05) is 31.2 Å². The summed E-state index contributed by atoms with van der Waals surface area (Å²) in [5, 5.41) is 16.7. The van der Waals surface area contributed by atoms with E-state index in [9.17, 15) is 13.9 Å². The van der Waals surface area contributed by atoms with Crippen molar-refractivity contribution in [2.45, 2.75) is 26.1 Å². The summed E-state index contributed by atoms with van der Waals surface area (Å²) in [5.41, 5.74) is 1.74.